The molecule has 0 aromatic rings. The Morgan fingerprint density at radius 1 is 1.50 bits per heavy atom. The highest BCUT2D eigenvalue weighted by atomic mass is 32.2. The molecule has 72 valence electrons. The van der Waals surface area contributed by atoms with Crippen molar-refractivity contribution >= 4 is 11.8 Å². The van der Waals surface area contributed by atoms with Gasteiger partial charge in [0.25, 0.3) is 0 Å². The standard InChI is InChI=1S/C9H20N2S/c1-11(2)6-3-5-10-9-4-7-12-8-9/h9-10H,3-8H2,1-2H3. The van der Waals surface area contributed by atoms with E-state index in [4.69, 9.17) is 0 Å². The molecule has 0 aromatic carbocycles. The van der Waals surface area contributed by atoms with Crippen LogP contribution in [0.5, 0.6) is 0 Å². The summed E-state index contributed by atoms with van der Waals surface area (Å²) in [6, 6.07) is 0.803. The molecule has 1 saturated heterocycles. The van der Waals surface area contributed by atoms with Crippen LogP contribution in [0.15, 0.2) is 0 Å². The van der Waals surface area contributed by atoms with Crippen LogP contribution in [-0.4, -0.2) is 49.6 Å². The highest BCUT2D eigenvalue weighted by molar-refractivity contribution is 7.99. The number of hydrogen-bond acceptors (Lipinski definition) is 3. The van der Waals surface area contributed by atoms with E-state index in [1.54, 1.807) is 0 Å². The number of rotatable bonds is 5. The van der Waals surface area contributed by atoms with Crippen molar-refractivity contribution in [2.45, 2.75) is 18.9 Å². The summed E-state index contributed by atoms with van der Waals surface area (Å²) in [4.78, 5) is 2.24. The Morgan fingerprint density at radius 2 is 2.33 bits per heavy atom. The topological polar surface area (TPSA) is 15.3 Å². The normalized spacial score (nSPS) is 23.8. The molecule has 1 atom stereocenters. The molecule has 1 aliphatic heterocycles. The molecule has 0 bridgehead atoms. The van der Waals surface area contributed by atoms with Gasteiger partial charge in [0, 0.05) is 11.8 Å². The van der Waals surface area contributed by atoms with Crippen LogP contribution in [0.4, 0.5) is 0 Å². The number of nitrogens with zero attached hydrogens (tertiary/aromatic N) is 1. The monoisotopic (exact) mass is 188 g/mol. The molecule has 0 aromatic heterocycles. The number of hydrogen-bond donors (Lipinski definition) is 1. The minimum absolute atomic E-state index is 0.803. The van der Waals surface area contributed by atoms with E-state index in [-0.39, 0.29) is 0 Å². The molecule has 12 heavy (non-hydrogen) atoms. The summed E-state index contributed by atoms with van der Waals surface area (Å²) >= 11 is 2.07. The molecule has 1 rings (SSSR count). The van der Waals surface area contributed by atoms with Crippen LogP contribution >= 0.6 is 11.8 Å². The molecule has 1 N–H and O–H groups in total. The van der Waals surface area contributed by atoms with Crippen molar-refractivity contribution in [3.63, 3.8) is 0 Å². The first-order valence-electron chi connectivity index (χ1n) is 4.75. The highest BCUT2D eigenvalue weighted by Gasteiger charge is 2.13. The van der Waals surface area contributed by atoms with Gasteiger partial charge in [-0.3, -0.25) is 0 Å². The summed E-state index contributed by atoms with van der Waals surface area (Å²) in [7, 11) is 4.26. The third kappa shape index (κ3) is 4.33. The molecule has 0 saturated carbocycles. The Hall–Kier alpha value is 0.270. The molecule has 0 aliphatic carbocycles. The van der Waals surface area contributed by atoms with Crippen molar-refractivity contribution < 1.29 is 0 Å². The van der Waals surface area contributed by atoms with Crippen LogP contribution in [0.2, 0.25) is 0 Å². The van der Waals surface area contributed by atoms with E-state index in [1.165, 1.54) is 37.4 Å². The minimum Gasteiger partial charge on any atom is -0.313 e. The molecular weight excluding hydrogens is 168 g/mol. The molecular formula is C9H20N2S. The largest absolute Gasteiger partial charge is 0.313 e. The summed E-state index contributed by atoms with van der Waals surface area (Å²) in [5.41, 5.74) is 0. The Bertz CT molecular complexity index is 111. The average Bonchev–Trinajstić information content (AvgIpc) is 2.49. The predicted molar refractivity (Wildman–Crippen MR) is 56.9 cm³/mol. The van der Waals surface area contributed by atoms with Gasteiger partial charge in [0.2, 0.25) is 0 Å². The molecule has 1 aliphatic rings. The molecule has 3 heteroatoms. The van der Waals surface area contributed by atoms with E-state index in [1.807, 2.05) is 0 Å². The van der Waals surface area contributed by atoms with Crippen molar-refractivity contribution in [3.8, 4) is 0 Å². The first kappa shape index (κ1) is 10.4. The first-order valence-corrected chi connectivity index (χ1v) is 5.90. The van der Waals surface area contributed by atoms with E-state index in [2.05, 4.69) is 36.1 Å². The second-order valence-electron chi connectivity index (χ2n) is 3.67. The summed E-state index contributed by atoms with van der Waals surface area (Å²) < 4.78 is 0. The third-order valence-electron chi connectivity index (χ3n) is 2.14. The Morgan fingerprint density at radius 3 is 2.92 bits per heavy atom. The molecule has 1 unspecified atom stereocenters. The number of nitrogens with one attached hydrogen (secondary N) is 1. The fourth-order valence-electron chi connectivity index (χ4n) is 1.40. The maximum Gasteiger partial charge on any atom is 0.0166 e. The highest BCUT2D eigenvalue weighted by Crippen LogP contribution is 2.16. The van der Waals surface area contributed by atoms with Gasteiger partial charge in [0.15, 0.2) is 0 Å². The van der Waals surface area contributed by atoms with Crippen molar-refractivity contribution in [2.75, 3.05) is 38.7 Å². The van der Waals surface area contributed by atoms with Gasteiger partial charge >= 0.3 is 0 Å². The van der Waals surface area contributed by atoms with Gasteiger partial charge in [-0.1, -0.05) is 0 Å². The van der Waals surface area contributed by atoms with E-state index in [0.717, 1.165) is 6.04 Å². The SMILES string of the molecule is CN(C)CCCNC1CCSC1. The van der Waals surface area contributed by atoms with Crippen LogP contribution in [0.25, 0.3) is 0 Å². The van der Waals surface area contributed by atoms with Gasteiger partial charge < -0.3 is 10.2 Å². The second kappa shape index (κ2) is 5.84. The Balaban J connectivity index is 1.88. The average molecular weight is 188 g/mol. The Labute approximate surface area is 80.1 Å². The number of thioether (sulfide) groups is 1. The minimum atomic E-state index is 0.803. The van der Waals surface area contributed by atoms with Gasteiger partial charge in [-0.2, -0.15) is 11.8 Å². The van der Waals surface area contributed by atoms with Crippen LogP contribution in [0.1, 0.15) is 12.8 Å². The molecule has 1 heterocycles. The fourth-order valence-corrected chi connectivity index (χ4v) is 2.58. The zero-order valence-corrected chi connectivity index (χ0v) is 8.99. The van der Waals surface area contributed by atoms with Crippen LogP contribution < -0.4 is 5.32 Å². The Kier molecular flexibility index (Phi) is 5.04. The van der Waals surface area contributed by atoms with Gasteiger partial charge in [-0.25, -0.2) is 0 Å². The maximum absolute atomic E-state index is 3.59. The zero-order chi connectivity index (χ0) is 8.81. The van der Waals surface area contributed by atoms with Crippen LogP contribution in [0, 0.1) is 0 Å². The smallest absolute Gasteiger partial charge is 0.0166 e. The second-order valence-corrected chi connectivity index (χ2v) is 4.82. The summed E-state index contributed by atoms with van der Waals surface area (Å²) in [6.45, 7) is 2.39. The van der Waals surface area contributed by atoms with Crippen molar-refractivity contribution in [3.05, 3.63) is 0 Å². The lowest BCUT2D eigenvalue weighted by Gasteiger charge is -2.13. The van der Waals surface area contributed by atoms with Gasteiger partial charge in [-0.15, -0.1) is 0 Å². The maximum atomic E-state index is 3.59. The first-order chi connectivity index (χ1) is 5.79. The summed E-state index contributed by atoms with van der Waals surface area (Å²) in [5.74, 6) is 2.67. The van der Waals surface area contributed by atoms with Crippen molar-refractivity contribution in [2.24, 2.45) is 0 Å². The van der Waals surface area contributed by atoms with Gasteiger partial charge in [0.05, 0.1) is 0 Å². The zero-order valence-electron chi connectivity index (χ0n) is 8.18. The lowest BCUT2D eigenvalue weighted by atomic mass is 10.2. The molecule has 2 nitrogen and oxygen atoms in total. The molecule has 0 radical (unpaired) electrons. The van der Waals surface area contributed by atoms with Crippen molar-refractivity contribution in [1.82, 2.24) is 10.2 Å². The van der Waals surface area contributed by atoms with Crippen LogP contribution in [-0.2, 0) is 0 Å². The van der Waals surface area contributed by atoms with Gasteiger partial charge in [-0.05, 0) is 45.8 Å². The lowest BCUT2D eigenvalue weighted by Crippen LogP contribution is -2.31. The van der Waals surface area contributed by atoms with E-state index < -0.39 is 0 Å². The van der Waals surface area contributed by atoms with Crippen molar-refractivity contribution in [1.29, 1.82) is 0 Å². The molecule has 1 fully saturated rings. The third-order valence-corrected chi connectivity index (χ3v) is 3.31. The van der Waals surface area contributed by atoms with Gasteiger partial charge in [0.1, 0.15) is 0 Å². The van der Waals surface area contributed by atoms with E-state index >= 15 is 0 Å². The predicted octanol–water partition coefficient (Wildman–Crippen LogP) is 1.03. The summed E-state index contributed by atoms with van der Waals surface area (Å²) in [5, 5.41) is 3.59. The summed E-state index contributed by atoms with van der Waals surface area (Å²) in [6.07, 6.45) is 2.64. The van der Waals surface area contributed by atoms with Crippen LogP contribution in [0.3, 0.4) is 0 Å². The molecule has 0 amide bonds. The van der Waals surface area contributed by atoms with E-state index in [0.29, 0.717) is 0 Å². The fraction of sp³-hybridized carbons (Fsp3) is 1.00. The quantitative estimate of drug-likeness (QED) is 0.649. The van der Waals surface area contributed by atoms with E-state index in [9.17, 15) is 0 Å². The molecule has 0 spiro atoms. The lowest BCUT2D eigenvalue weighted by molar-refractivity contribution is 0.388.